The van der Waals surface area contributed by atoms with Gasteiger partial charge in [-0.3, -0.25) is 0 Å². The zero-order valence-corrected chi connectivity index (χ0v) is 10.4. The molecular weight excluding hydrogens is 232 g/mol. The van der Waals surface area contributed by atoms with Crippen LogP contribution in [0.1, 0.15) is 24.2 Å². The molecule has 0 bridgehead atoms. The summed E-state index contributed by atoms with van der Waals surface area (Å²) in [7, 11) is 0. The van der Waals surface area contributed by atoms with Gasteiger partial charge in [-0.15, -0.1) is 0 Å². The van der Waals surface area contributed by atoms with Gasteiger partial charge in [0.05, 0.1) is 18.7 Å². The topological polar surface area (TPSA) is 77.3 Å². The zero-order chi connectivity index (χ0) is 13.1. The summed E-state index contributed by atoms with van der Waals surface area (Å²) in [5.41, 5.74) is 6.96. The minimum atomic E-state index is -0.412. The first kappa shape index (κ1) is 12.3. The van der Waals surface area contributed by atoms with Gasteiger partial charge >= 0.3 is 5.97 Å². The second-order valence-electron chi connectivity index (χ2n) is 3.77. The average Bonchev–Trinajstić information content (AvgIpc) is 2.65. The van der Waals surface area contributed by atoms with Gasteiger partial charge in [0.1, 0.15) is 17.1 Å². The number of fused-ring (bicyclic) bond motifs is 1. The number of hydrogen-bond donors (Lipinski definition) is 2. The van der Waals surface area contributed by atoms with E-state index in [1.807, 2.05) is 19.1 Å². The zero-order valence-electron chi connectivity index (χ0n) is 10.4. The molecule has 2 aromatic rings. The van der Waals surface area contributed by atoms with Crippen LogP contribution in [0.3, 0.4) is 0 Å². The average molecular weight is 248 g/mol. The summed E-state index contributed by atoms with van der Waals surface area (Å²) in [6, 6.07) is 5.43. The molecule has 0 unspecified atom stereocenters. The van der Waals surface area contributed by atoms with E-state index in [4.69, 9.17) is 15.2 Å². The lowest BCUT2D eigenvalue weighted by atomic mass is 10.1. The molecular formula is C13H16N2O3. The minimum absolute atomic E-state index is 0.317. The van der Waals surface area contributed by atoms with Crippen molar-refractivity contribution in [1.29, 1.82) is 0 Å². The highest BCUT2D eigenvalue weighted by Gasteiger charge is 2.18. The van der Waals surface area contributed by atoms with Gasteiger partial charge in [-0.2, -0.15) is 0 Å². The highest BCUT2D eigenvalue weighted by atomic mass is 16.5. The minimum Gasteiger partial charge on any atom is -0.494 e. The fraction of sp³-hybridized carbons (Fsp3) is 0.308. The third kappa shape index (κ3) is 2.11. The van der Waals surface area contributed by atoms with E-state index in [2.05, 4.69) is 4.98 Å². The molecule has 0 amide bonds. The monoisotopic (exact) mass is 248 g/mol. The lowest BCUT2D eigenvalue weighted by Crippen LogP contribution is -2.06. The molecule has 0 aliphatic rings. The molecule has 0 aliphatic heterocycles. The Morgan fingerprint density at radius 1 is 1.33 bits per heavy atom. The summed E-state index contributed by atoms with van der Waals surface area (Å²) in [6.07, 6.45) is 0. The largest absolute Gasteiger partial charge is 0.494 e. The number of ether oxygens (including phenoxy) is 2. The maximum atomic E-state index is 11.8. The highest BCUT2D eigenvalue weighted by Crippen LogP contribution is 2.28. The first-order chi connectivity index (χ1) is 8.67. The van der Waals surface area contributed by atoms with Crippen LogP contribution >= 0.6 is 0 Å². The molecule has 0 aliphatic carbocycles. The lowest BCUT2D eigenvalue weighted by molar-refractivity contribution is 0.0530. The van der Waals surface area contributed by atoms with Crippen molar-refractivity contribution in [3.8, 4) is 5.75 Å². The lowest BCUT2D eigenvalue weighted by Gasteiger charge is -2.03. The Morgan fingerprint density at radius 2 is 2.11 bits per heavy atom. The van der Waals surface area contributed by atoms with Crippen LogP contribution in [-0.4, -0.2) is 24.2 Å². The number of nitrogens with one attached hydrogen (secondary N) is 1. The first-order valence-electron chi connectivity index (χ1n) is 5.88. The predicted octanol–water partition coefficient (Wildman–Crippen LogP) is 2.33. The van der Waals surface area contributed by atoms with Crippen LogP contribution < -0.4 is 10.5 Å². The van der Waals surface area contributed by atoms with Gasteiger partial charge in [0, 0.05) is 11.5 Å². The summed E-state index contributed by atoms with van der Waals surface area (Å²) in [5, 5.41) is 0.745. The quantitative estimate of drug-likeness (QED) is 0.814. The van der Waals surface area contributed by atoms with Crippen LogP contribution in [0.25, 0.3) is 10.9 Å². The van der Waals surface area contributed by atoms with Crippen molar-refractivity contribution in [3.05, 3.63) is 23.8 Å². The van der Waals surface area contributed by atoms with Crippen LogP contribution in [0.4, 0.5) is 5.82 Å². The molecule has 0 fully saturated rings. The van der Waals surface area contributed by atoms with E-state index in [9.17, 15) is 4.79 Å². The summed E-state index contributed by atoms with van der Waals surface area (Å²) < 4.78 is 10.4. The number of aromatic nitrogens is 1. The smallest absolute Gasteiger partial charge is 0.342 e. The Bertz CT molecular complexity index is 575. The Labute approximate surface area is 105 Å². The van der Waals surface area contributed by atoms with Crippen LogP contribution in [0.15, 0.2) is 18.2 Å². The van der Waals surface area contributed by atoms with Gasteiger partial charge in [-0.25, -0.2) is 4.79 Å². The van der Waals surface area contributed by atoms with Gasteiger partial charge in [-0.1, -0.05) is 0 Å². The standard InChI is InChI=1S/C13H16N2O3/c1-3-17-8-5-6-9-10(7-8)15-12(14)11(9)13(16)18-4-2/h5-7,15H,3-4,14H2,1-2H3. The number of aromatic amines is 1. The number of anilines is 1. The Morgan fingerprint density at radius 3 is 2.78 bits per heavy atom. The Balaban J connectivity index is 2.48. The van der Waals surface area contributed by atoms with Crippen molar-refractivity contribution in [2.45, 2.75) is 13.8 Å². The number of esters is 1. The fourth-order valence-corrected chi connectivity index (χ4v) is 1.88. The van der Waals surface area contributed by atoms with Crippen molar-refractivity contribution in [3.63, 3.8) is 0 Å². The summed E-state index contributed by atoms with van der Waals surface area (Å²) in [5.74, 6) is 0.643. The molecule has 0 saturated heterocycles. The number of benzene rings is 1. The van der Waals surface area contributed by atoms with Crippen molar-refractivity contribution >= 4 is 22.7 Å². The second-order valence-corrected chi connectivity index (χ2v) is 3.77. The Kier molecular flexibility index (Phi) is 3.41. The third-order valence-corrected chi connectivity index (χ3v) is 2.59. The van der Waals surface area contributed by atoms with Crippen LogP contribution in [0.2, 0.25) is 0 Å². The normalized spacial score (nSPS) is 10.6. The van der Waals surface area contributed by atoms with E-state index >= 15 is 0 Å². The number of nitrogen functional groups attached to an aromatic ring is 1. The number of carbonyl (C=O) groups excluding carboxylic acids is 1. The number of rotatable bonds is 4. The summed E-state index contributed by atoms with van der Waals surface area (Å²) in [6.45, 7) is 4.59. The summed E-state index contributed by atoms with van der Waals surface area (Å²) in [4.78, 5) is 14.8. The van der Waals surface area contributed by atoms with Gasteiger partial charge < -0.3 is 20.2 Å². The SMILES string of the molecule is CCOC(=O)c1c(N)[nH]c2cc(OCC)ccc12. The van der Waals surface area contributed by atoms with Gasteiger partial charge in [-0.05, 0) is 26.0 Å². The molecule has 1 aromatic heterocycles. The highest BCUT2D eigenvalue weighted by molar-refractivity contribution is 6.09. The second kappa shape index (κ2) is 5.00. The molecule has 0 spiro atoms. The van der Waals surface area contributed by atoms with Crippen LogP contribution in [0, 0.1) is 0 Å². The van der Waals surface area contributed by atoms with Crippen LogP contribution in [0.5, 0.6) is 5.75 Å². The van der Waals surface area contributed by atoms with Gasteiger partial charge in [0.25, 0.3) is 0 Å². The van der Waals surface area contributed by atoms with E-state index < -0.39 is 5.97 Å². The number of H-pyrrole nitrogens is 1. The third-order valence-electron chi connectivity index (χ3n) is 2.59. The van der Waals surface area contributed by atoms with Crippen molar-refractivity contribution in [2.24, 2.45) is 0 Å². The van der Waals surface area contributed by atoms with Crippen molar-refractivity contribution in [1.82, 2.24) is 4.98 Å². The fourth-order valence-electron chi connectivity index (χ4n) is 1.88. The number of nitrogens with two attached hydrogens (primary N) is 1. The molecule has 18 heavy (non-hydrogen) atoms. The maximum absolute atomic E-state index is 11.8. The van der Waals surface area contributed by atoms with Gasteiger partial charge in [0.2, 0.25) is 0 Å². The molecule has 1 heterocycles. The van der Waals surface area contributed by atoms with E-state index in [-0.39, 0.29) is 0 Å². The van der Waals surface area contributed by atoms with E-state index in [0.717, 1.165) is 16.7 Å². The Hall–Kier alpha value is -2.17. The predicted molar refractivity (Wildman–Crippen MR) is 69.8 cm³/mol. The molecule has 5 nitrogen and oxygen atoms in total. The number of hydrogen-bond acceptors (Lipinski definition) is 4. The molecule has 2 rings (SSSR count). The molecule has 3 N–H and O–H groups in total. The number of carbonyl (C=O) groups is 1. The van der Waals surface area contributed by atoms with E-state index in [0.29, 0.717) is 24.6 Å². The molecule has 0 atom stereocenters. The van der Waals surface area contributed by atoms with Crippen LogP contribution in [-0.2, 0) is 4.74 Å². The maximum Gasteiger partial charge on any atom is 0.342 e. The van der Waals surface area contributed by atoms with E-state index in [1.54, 1.807) is 13.0 Å². The van der Waals surface area contributed by atoms with Crippen molar-refractivity contribution in [2.75, 3.05) is 18.9 Å². The molecule has 96 valence electrons. The molecule has 0 saturated carbocycles. The van der Waals surface area contributed by atoms with Crippen molar-refractivity contribution < 1.29 is 14.3 Å². The molecule has 1 aromatic carbocycles. The molecule has 0 radical (unpaired) electrons. The van der Waals surface area contributed by atoms with E-state index in [1.165, 1.54) is 0 Å². The first-order valence-corrected chi connectivity index (χ1v) is 5.88. The summed E-state index contributed by atoms with van der Waals surface area (Å²) >= 11 is 0. The molecule has 5 heteroatoms. The van der Waals surface area contributed by atoms with Gasteiger partial charge in [0.15, 0.2) is 0 Å².